The van der Waals surface area contributed by atoms with Crippen molar-refractivity contribution in [2.24, 2.45) is 0 Å². The summed E-state index contributed by atoms with van der Waals surface area (Å²) in [7, 11) is 0. The fourth-order valence-corrected chi connectivity index (χ4v) is 3.50. The van der Waals surface area contributed by atoms with Gasteiger partial charge in [0.25, 0.3) is 0 Å². The van der Waals surface area contributed by atoms with E-state index < -0.39 is 0 Å². The molecule has 0 atom stereocenters. The normalized spacial score (nSPS) is 17.8. The maximum Gasteiger partial charge on any atom is 0.159 e. The van der Waals surface area contributed by atoms with E-state index in [1.165, 1.54) is 40.7 Å². The van der Waals surface area contributed by atoms with E-state index >= 15 is 0 Å². The minimum absolute atomic E-state index is 0.155. The molecular formula is C21H24O. The smallest absolute Gasteiger partial charge is 0.159 e. The van der Waals surface area contributed by atoms with Crippen LogP contribution in [0.2, 0.25) is 0 Å². The van der Waals surface area contributed by atoms with Gasteiger partial charge in [-0.15, -0.1) is 0 Å². The molecule has 3 rings (SSSR count). The van der Waals surface area contributed by atoms with Gasteiger partial charge in [0.15, 0.2) is 5.78 Å². The number of carbonyl (C=O) groups is 1. The van der Waals surface area contributed by atoms with Crippen molar-refractivity contribution in [3.8, 4) is 0 Å². The van der Waals surface area contributed by atoms with Crippen LogP contribution in [0.25, 0.3) is 6.08 Å². The van der Waals surface area contributed by atoms with Gasteiger partial charge in [-0.3, -0.25) is 4.79 Å². The number of benzene rings is 1. The molecule has 0 amide bonds. The average Bonchev–Trinajstić information content (AvgIpc) is 2.49. The fourth-order valence-electron chi connectivity index (χ4n) is 3.50. The summed E-state index contributed by atoms with van der Waals surface area (Å²) < 4.78 is 0. The van der Waals surface area contributed by atoms with Crippen molar-refractivity contribution in [2.75, 3.05) is 0 Å². The van der Waals surface area contributed by atoms with Gasteiger partial charge in [-0.25, -0.2) is 0 Å². The van der Waals surface area contributed by atoms with Crippen molar-refractivity contribution in [1.29, 1.82) is 0 Å². The Morgan fingerprint density at radius 1 is 1.05 bits per heavy atom. The summed E-state index contributed by atoms with van der Waals surface area (Å²) in [6.07, 6.45) is 10.4. The van der Waals surface area contributed by atoms with Crippen molar-refractivity contribution in [3.05, 3.63) is 63.3 Å². The van der Waals surface area contributed by atoms with E-state index in [4.69, 9.17) is 0 Å². The van der Waals surface area contributed by atoms with E-state index in [9.17, 15) is 4.79 Å². The van der Waals surface area contributed by atoms with Crippen LogP contribution in [0.3, 0.4) is 0 Å². The van der Waals surface area contributed by atoms with Gasteiger partial charge >= 0.3 is 0 Å². The molecule has 1 aromatic rings. The van der Waals surface area contributed by atoms with Crippen molar-refractivity contribution >= 4 is 11.9 Å². The van der Waals surface area contributed by atoms with Crippen LogP contribution in [0.4, 0.5) is 0 Å². The minimum atomic E-state index is 0.155. The summed E-state index contributed by atoms with van der Waals surface area (Å²) in [4.78, 5) is 11.5. The molecule has 1 aromatic carbocycles. The van der Waals surface area contributed by atoms with Crippen molar-refractivity contribution in [1.82, 2.24) is 0 Å². The molecule has 2 aliphatic carbocycles. The number of rotatable bonds is 3. The third kappa shape index (κ3) is 3.14. The summed E-state index contributed by atoms with van der Waals surface area (Å²) in [5.74, 6) is 0.155. The quantitative estimate of drug-likeness (QED) is 0.656. The molecule has 0 heterocycles. The monoisotopic (exact) mass is 292 g/mol. The van der Waals surface area contributed by atoms with Gasteiger partial charge in [-0.1, -0.05) is 46.6 Å². The van der Waals surface area contributed by atoms with E-state index in [-0.39, 0.29) is 5.78 Å². The minimum Gasteiger partial charge on any atom is -0.295 e. The first-order valence-electron chi connectivity index (χ1n) is 8.22. The van der Waals surface area contributed by atoms with Crippen molar-refractivity contribution < 1.29 is 4.79 Å². The molecule has 114 valence electrons. The van der Waals surface area contributed by atoms with Crippen LogP contribution in [0.15, 0.2) is 46.6 Å². The van der Waals surface area contributed by atoms with E-state index in [1.807, 2.05) is 6.07 Å². The number of aryl methyl sites for hydroxylation is 1. The summed E-state index contributed by atoms with van der Waals surface area (Å²) in [6, 6.07) is 6.14. The number of Topliss-reactive ketones (excluding diaryl/α,β-unsaturated/α-hetero) is 1. The molecular weight excluding hydrogens is 268 g/mol. The molecule has 0 saturated carbocycles. The van der Waals surface area contributed by atoms with E-state index in [0.717, 1.165) is 24.8 Å². The Morgan fingerprint density at radius 3 is 2.59 bits per heavy atom. The van der Waals surface area contributed by atoms with Crippen LogP contribution in [-0.4, -0.2) is 5.78 Å². The molecule has 0 radical (unpaired) electrons. The molecule has 0 saturated heterocycles. The Hall–Kier alpha value is -1.89. The predicted molar refractivity (Wildman–Crippen MR) is 93.1 cm³/mol. The second kappa shape index (κ2) is 6.08. The van der Waals surface area contributed by atoms with Crippen LogP contribution in [-0.2, 0) is 6.42 Å². The summed E-state index contributed by atoms with van der Waals surface area (Å²) >= 11 is 0. The van der Waals surface area contributed by atoms with E-state index in [0.29, 0.717) is 0 Å². The zero-order valence-electron chi connectivity index (χ0n) is 13.8. The molecule has 2 aliphatic rings. The average molecular weight is 292 g/mol. The fraction of sp³-hybridized carbons (Fsp3) is 0.381. The Balaban J connectivity index is 1.83. The second-order valence-corrected chi connectivity index (χ2v) is 6.73. The lowest BCUT2D eigenvalue weighted by atomic mass is 9.84. The molecule has 0 unspecified atom stereocenters. The number of ketones is 1. The highest BCUT2D eigenvalue weighted by Crippen LogP contribution is 2.33. The molecule has 0 aliphatic heterocycles. The molecule has 1 heteroatoms. The highest BCUT2D eigenvalue weighted by molar-refractivity contribution is 5.94. The third-order valence-corrected chi connectivity index (χ3v) is 4.91. The maximum absolute atomic E-state index is 11.5. The summed E-state index contributed by atoms with van der Waals surface area (Å²) in [6.45, 7) is 6.11. The summed E-state index contributed by atoms with van der Waals surface area (Å²) in [5.41, 5.74) is 9.55. The largest absolute Gasteiger partial charge is 0.295 e. The van der Waals surface area contributed by atoms with Gasteiger partial charge in [-0.05, 0) is 70.1 Å². The lowest BCUT2D eigenvalue weighted by Gasteiger charge is -2.21. The third-order valence-electron chi connectivity index (χ3n) is 4.91. The number of allylic oxidation sites excluding steroid dienone is 5. The van der Waals surface area contributed by atoms with E-state index in [2.05, 4.69) is 38.1 Å². The summed E-state index contributed by atoms with van der Waals surface area (Å²) in [5, 5.41) is 0. The number of carbonyl (C=O) groups excluding carboxylic acids is 1. The van der Waals surface area contributed by atoms with Crippen LogP contribution < -0.4 is 0 Å². The standard InChI is InChI=1S/C21H24O/c1-14-4-6-18(15(2)10-14)11-17-5-7-21-13-19(16(3)22)8-9-20(21)12-17/h8-10,12-13H,4-7,11H2,1-3H3. The van der Waals surface area contributed by atoms with Crippen molar-refractivity contribution in [2.45, 2.75) is 52.9 Å². The molecule has 0 fully saturated rings. The van der Waals surface area contributed by atoms with Crippen LogP contribution in [0.1, 0.15) is 67.9 Å². The maximum atomic E-state index is 11.5. The SMILES string of the molecule is CC(=O)c1ccc2c(c1)CCC(CC1=C(C)C=C(C)CC1)=C2. The van der Waals surface area contributed by atoms with Crippen molar-refractivity contribution in [3.63, 3.8) is 0 Å². The molecule has 0 aromatic heterocycles. The molecule has 0 N–H and O–H groups in total. The zero-order valence-corrected chi connectivity index (χ0v) is 13.8. The lowest BCUT2D eigenvalue weighted by molar-refractivity contribution is 0.101. The van der Waals surface area contributed by atoms with Crippen LogP contribution in [0, 0.1) is 0 Å². The Bertz CT molecular complexity index is 713. The molecule has 1 nitrogen and oxygen atoms in total. The van der Waals surface area contributed by atoms with E-state index in [1.54, 1.807) is 12.5 Å². The predicted octanol–water partition coefficient (Wildman–Crippen LogP) is 5.67. The van der Waals surface area contributed by atoms with Gasteiger partial charge in [0, 0.05) is 5.56 Å². The highest BCUT2D eigenvalue weighted by atomic mass is 16.1. The first kappa shape index (κ1) is 15.0. The Morgan fingerprint density at radius 2 is 1.86 bits per heavy atom. The number of hydrogen-bond acceptors (Lipinski definition) is 1. The van der Waals surface area contributed by atoms with Crippen LogP contribution in [0.5, 0.6) is 0 Å². The van der Waals surface area contributed by atoms with Gasteiger partial charge in [0.05, 0.1) is 0 Å². The lowest BCUT2D eigenvalue weighted by Crippen LogP contribution is -2.04. The first-order chi connectivity index (χ1) is 10.5. The zero-order chi connectivity index (χ0) is 15.7. The first-order valence-corrected chi connectivity index (χ1v) is 8.22. The van der Waals surface area contributed by atoms with Gasteiger partial charge in [0.2, 0.25) is 0 Å². The second-order valence-electron chi connectivity index (χ2n) is 6.73. The molecule has 0 bridgehead atoms. The Kier molecular flexibility index (Phi) is 4.15. The highest BCUT2D eigenvalue weighted by Gasteiger charge is 2.15. The van der Waals surface area contributed by atoms with Crippen LogP contribution >= 0.6 is 0 Å². The van der Waals surface area contributed by atoms with Gasteiger partial charge in [0.1, 0.15) is 0 Å². The van der Waals surface area contributed by atoms with Gasteiger partial charge < -0.3 is 0 Å². The Labute approximate surface area is 133 Å². The molecule has 0 spiro atoms. The van der Waals surface area contributed by atoms with Gasteiger partial charge in [-0.2, -0.15) is 0 Å². The topological polar surface area (TPSA) is 17.1 Å². The molecule has 22 heavy (non-hydrogen) atoms. The number of hydrogen-bond donors (Lipinski definition) is 0. The number of fused-ring (bicyclic) bond motifs is 1.